The highest BCUT2D eigenvalue weighted by molar-refractivity contribution is 6.28. The summed E-state index contributed by atoms with van der Waals surface area (Å²) < 4.78 is 0. The highest BCUT2D eigenvalue weighted by Crippen LogP contribution is 2.11. The van der Waals surface area contributed by atoms with Crippen molar-refractivity contribution in [3.05, 3.63) is 5.28 Å². The molecule has 0 saturated carbocycles. The lowest BCUT2D eigenvalue weighted by Crippen LogP contribution is -2.29. The first-order valence-corrected chi connectivity index (χ1v) is 7.24. The summed E-state index contributed by atoms with van der Waals surface area (Å²) in [6, 6.07) is 0. The monoisotopic (exact) mass is 298 g/mol. The van der Waals surface area contributed by atoms with Crippen molar-refractivity contribution >= 4 is 29.4 Å². The van der Waals surface area contributed by atoms with Gasteiger partial charge in [-0.2, -0.15) is 15.0 Å². The topological polar surface area (TPSA) is 83.0 Å². The number of carbonyl (C=O) groups excluding carboxylic acids is 1. The number of likely N-dealkylation sites (tertiary alicyclic amines) is 1. The Morgan fingerprint density at radius 1 is 1.20 bits per heavy atom. The standard InChI is InChI=1S/C12H19ClN6O/c1-2-14-11-16-10(13)17-12(18-11)15-6-5-9(20)19-7-3-4-8-19/h2-8H2,1H3,(H2,14,15,16,17,18). The number of halogens is 1. The van der Waals surface area contributed by atoms with Crippen LogP contribution in [0.15, 0.2) is 0 Å². The lowest BCUT2D eigenvalue weighted by molar-refractivity contribution is -0.129. The third-order valence-corrected chi connectivity index (χ3v) is 3.19. The first-order valence-electron chi connectivity index (χ1n) is 6.86. The van der Waals surface area contributed by atoms with E-state index in [4.69, 9.17) is 11.6 Å². The predicted molar refractivity (Wildman–Crippen MR) is 77.9 cm³/mol. The lowest BCUT2D eigenvalue weighted by atomic mass is 10.3. The Bertz CT molecular complexity index is 463. The summed E-state index contributed by atoms with van der Waals surface area (Å²) in [4.78, 5) is 25.8. The number of aromatic nitrogens is 3. The molecule has 0 spiro atoms. The van der Waals surface area contributed by atoms with Gasteiger partial charge in [0.2, 0.25) is 23.1 Å². The summed E-state index contributed by atoms with van der Waals surface area (Å²) in [6.45, 7) is 4.88. The highest BCUT2D eigenvalue weighted by Gasteiger charge is 2.17. The van der Waals surface area contributed by atoms with E-state index in [2.05, 4.69) is 25.6 Å². The SMILES string of the molecule is CCNc1nc(Cl)nc(NCCC(=O)N2CCCC2)n1. The highest BCUT2D eigenvalue weighted by atomic mass is 35.5. The molecule has 1 aromatic heterocycles. The third kappa shape index (κ3) is 4.19. The van der Waals surface area contributed by atoms with Gasteiger partial charge < -0.3 is 15.5 Å². The zero-order valence-electron chi connectivity index (χ0n) is 11.5. The van der Waals surface area contributed by atoms with E-state index >= 15 is 0 Å². The zero-order chi connectivity index (χ0) is 14.4. The van der Waals surface area contributed by atoms with Crippen LogP contribution in [0.25, 0.3) is 0 Å². The molecular formula is C12H19ClN6O. The molecule has 20 heavy (non-hydrogen) atoms. The van der Waals surface area contributed by atoms with E-state index < -0.39 is 0 Å². The molecule has 2 N–H and O–H groups in total. The van der Waals surface area contributed by atoms with Crippen LogP contribution in [0.1, 0.15) is 26.2 Å². The van der Waals surface area contributed by atoms with Gasteiger partial charge in [0.05, 0.1) is 0 Å². The second-order valence-corrected chi connectivity index (χ2v) is 4.88. The molecule has 0 unspecified atom stereocenters. The van der Waals surface area contributed by atoms with Gasteiger partial charge in [-0.15, -0.1) is 0 Å². The van der Waals surface area contributed by atoms with E-state index in [1.54, 1.807) is 0 Å². The molecule has 0 radical (unpaired) electrons. The van der Waals surface area contributed by atoms with Gasteiger partial charge >= 0.3 is 0 Å². The van der Waals surface area contributed by atoms with Gasteiger partial charge in [0.1, 0.15) is 0 Å². The normalized spacial score (nSPS) is 14.4. The van der Waals surface area contributed by atoms with Crippen molar-refractivity contribution in [2.45, 2.75) is 26.2 Å². The van der Waals surface area contributed by atoms with Gasteiger partial charge in [-0.1, -0.05) is 0 Å². The molecule has 0 atom stereocenters. The van der Waals surface area contributed by atoms with Crippen molar-refractivity contribution in [3.8, 4) is 0 Å². The maximum Gasteiger partial charge on any atom is 0.228 e. The summed E-state index contributed by atoms with van der Waals surface area (Å²) in [5.41, 5.74) is 0. The molecule has 8 heteroatoms. The van der Waals surface area contributed by atoms with Crippen LogP contribution in [-0.4, -0.2) is 51.9 Å². The Kier molecular flexibility index (Phi) is 5.34. The van der Waals surface area contributed by atoms with E-state index in [9.17, 15) is 4.79 Å². The predicted octanol–water partition coefficient (Wildman–Crippen LogP) is 1.38. The van der Waals surface area contributed by atoms with Gasteiger partial charge in [0.15, 0.2) is 0 Å². The molecule has 110 valence electrons. The summed E-state index contributed by atoms with van der Waals surface area (Å²) in [5.74, 6) is 0.984. The van der Waals surface area contributed by atoms with Crippen molar-refractivity contribution in [2.24, 2.45) is 0 Å². The van der Waals surface area contributed by atoms with Crippen molar-refractivity contribution in [3.63, 3.8) is 0 Å². The Labute approximate surface area is 123 Å². The molecule has 7 nitrogen and oxygen atoms in total. The number of nitrogens with one attached hydrogen (secondary N) is 2. The summed E-state index contributed by atoms with van der Waals surface area (Å²) in [5, 5.41) is 6.10. The van der Waals surface area contributed by atoms with Crippen molar-refractivity contribution in [2.75, 3.05) is 36.8 Å². The number of anilines is 2. The molecule has 1 aliphatic heterocycles. The largest absolute Gasteiger partial charge is 0.354 e. The number of carbonyl (C=O) groups is 1. The lowest BCUT2D eigenvalue weighted by Gasteiger charge is -2.15. The third-order valence-electron chi connectivity index (χ3n) is 3.02. The molecule has 2 rings (SSSR count). The average Bonchev–Trinajstić information content (AvgIpc) is 2.92. The molecule has 0 aliphatic carbocycles. The van der Waals surface area contributed by atoms with Gasteiger partial charge in [0, 0.05) is 32.6 Å². The maximum absolute atomic E-state index is 11.9. The quantitative estimate of drug-likeness (QED) is 0.825. The van der Waals surface area contributed by atoms with Gasteiger partial charge in [0.25, 0.3) is 0 Å². The molecule has 1 amide bonds. The van der Waals surface area contributed by atoms with Crippen molar-refractivity contribution in [1.29, 1.82) is 0 Å². The second-order valence-electron chi connectivity index (χ2n) is 4.55. The van der Waals surface area contributed by atoms with E-state index in [-0.39, 0.29) is 11.2 Å². The second kappa shape index (κ2) is 7.23. The Balaban J connectivity index is 1.82. The molecular weight excluding hydrogens is 280 g/mol. The molecule has 1 fully saturated rings. The minimum absolute atomic E-state index is 0.129. The van der Waals surface area contributed by atoms with E-state index in [0.717, 1.165) is 25.9 Å². The first kappa shape index (κ1) is 14.8. The summed E-state index contributed by atoms with van der Waals surface area (Å²) in [6.07, 6.45) is 2.64. The molecule has 0 bridgehead atoms. The first-order chi connectivity index (χ1) is 9.69. The van der Waals surface area contributed by atoms with Gasteiger partial charge in [-0.3, -0.25) is 4.79 Å². The Hall–Kier alpha value is -1.63. The fourth-order valence-electron chi connectivity index (χ4n) is 2.07. The van der Waals surface area contributed by atoms with Crippen LogP contribution >= 0.6 is 11.6 Å². The molecule has 1 aromatic rings. The molecule has 1 saturated heterocycles. The Morgan fingerprint density at radius 3 is 2.50 bits per heavy atom. The van der Waals surface area contributed by atoms with Gasteiger partial charge in [-0.05, 0) is 31.4 Å². The van der Waals surface area contributed by atoms with Crippen LogP contribution in [0.5, 0.6) is 0 Å². The van der Waals surface area contributed by atoms with Gasteiger partial charge in [-0.25, -0.2) is 0 Å². The summed E-state index contributed by atoms with van der Waals surface area (Å²) >= 11 is 5.81. The maximum atomic E-state index is 11.9. The van der Waals surface area contributed by atoms with Crippen LogP contribution in [0.3, 0.4) is 0 Å². The smallest absolute Gasteiger partial charge is 0.228 e. The van der Waals surface area contributed by atoms with Crippen molar-refractivity contribution < 1.29 is 4.79 Å². The van der Waals surface area contributed by atoms with Crippen molar-refractivity contribution in [1.82, 2.24) is 19.9 Å². The number of hydrogen-bond acceptors (Lipinski definition) is 6. The zero-order valence-corrected chi connectivity index (χ0v) is 12.3. The van der Waals surface area contributed by atoms with E-state index in [1.807, 2.05) is 11.8 Å². The van der Waals surface area contributed by atoms with Crippen LogP contribution in [-0.2, 0) is 4.79 Å². The van der Waals surface area contributed by atoms with Crippen LogP contribution in [0, 0.1) is 0 Å². The number of amides is 1. The number of rotatable bonds is 6. The van der Waals surface area contributed by atoms with Crippen LogP contribution < -0.4 is 10.6 Å². The minimum atomic E-state index is 0.129. The fraction of sp³-hybridized carbons (Fsp3) is 0.667. The Morgan fingerprint density at radius 2 is 1.85 bits per heavy atom. The average molecular weight is 299 g/mol. The minimum Gasteiger partial charge on any atom is -0.354 e. The van der Waals surface area contributed by atoms with E-state index in [1.165, 1.54) is 0 Å². The molecule has 1 aliphatic rings. The summed E-state index contributed by atoms with van der Waals surface area (Å²) in [7, 11) is 0. The fourth-order valence-corrected chi connectivity index (χ4v) is 2.23. The number of hydrogen-bond donors (Lipinski definition) is 2. The molecule has 0 aromatic carbocycles. The molecule has 2 heterocycles. The van der Waals surface area contributed by atoms with E-state index in [0.29, 0.717) is 31.4 Å². The van der Waals surface area contributed by atoms with Crippen LogP contribution in [0.2, 0.25) is 5.28 Å². The number of nitrogens with zero attached hydrogens (tertiary/aromatic N) is 4. The van der Waals surface area contributed by atoms with Crippen LogP contribution in [0.4, 0.5) is 11.9 Å².